The quantitative estimate of drug-likeness (QED) is 0.413. The summed E-state index contributed by atoms with van der Waals surface area (Å²) in [5.74, 6) is 0.583. The zero-order valence-corrected chi connectivity index (χ0v) is 14.5. The lowest BCUT2D eigenvalue weighted by Gasteiger charge is -2.38. The Bertz CT molecular complexity index is 805. The number of hydrogen-bond acceptors (Lipinski definition) is 7. The average molecular weight is 361 g/mol. The number of ether oxygens (including phenoxy) is 1. The molecule has 1 atom stereocenters. The fourth-order valence-electron chi connectivity index (χ4n) is 3.29. The third-order valence-electron chi connectivity index (χ3n) is 4.38. The fourth-order valence-corrected chi connectivity index (χ4v) is 3.52. The van der Waals surface area contributed by atoms with Crippen molar-refractivity contribution in [1.82, 2.24) is 10.2 Å². The smallest absolute Gasteiger partial charge is 0.298 e. The van der Waals surface area contributed by atoms with Crippen molar-refractivity contribution in [1.29, 1.82) is 0 Å². The topological polar surface area (TPSA) is 120 Å². The molecule has 5 N–H and O–H groups in total. The summed E-state index contributed by atoms with van der Waals surface area (Å²) in [6.07, 6.45) is 0.809. The number of benzene rings is 1. The fraction of sp³-hybridized carbons (Fsp3) is 0.312. The Kier molecular flexibility index (Phi) is 4.49. The first-order chi connectivity index (χ1) is 12.0. The number of nitrogens with one attached hydrogen (secondary N) is 1. The molecule has 0 saturated carbocycles. The van der Waals surface area contributed by atoms with Crippen LogP contribution in [-0.2, 0) is 0 Å². The maximum absolute atomic E-state index is 11.9. The number of allylic oxidation sites excluding steroid dienone is 1. The highest BCUT2D eigenvalue weighted by molar-refractivity contribution is 7.80. The molecule has 1 fully saturated rings. The minimum absolute atomic E-state index is 0.00930. The first-order valence-corrected chi connectivity index (χ1v) is 8.20. The van der Waals surface area contributed by atoms with Gasteiger partial charge in [0.1, 0.15) is 22.5 Å². The van der Waals surface area contributed by atoms with E-state index < -0.39 is 10.8 Å². The molecule has 0 aliphatic carbocycles. The van der Waals surface area contributed by atoms with Crippen LogP contribution in [0.5, 0.6) is 5.75 Å². The van der Waals surface area contributed by atoms with E-state index in [1.54, 1.807) is 29.2 Å². The van der Waals surface area contributed by atoms with E-state index in [4.69, 9.17) is 28.4 Å². The first kappa shape index (κ1) is 17.0. The Balaban J connectivity index is 2.26. The molecule has 1 unspecified atom stereocenters. The predicted octanol–water partition coefficient (Wildman–Crippen LogP) is 0.990. The summed E-state index contributed by atoms with van der Waals surface area (Å²) < 4.78 is 5.25. The van der Waals surface area contributed by atoms with Crippen LogP contribution in [0.25, 0.3) is 0 Å². The molecule has 0 spiro atoms. The molecule has 3 rings (SSSR count). The third kappa shape index (κ3) is 2.86. The van der Waals surface area contributed by atoms with Crippen molar-refractivity contribution < 1.29 is 9.66 Å². The highest BCUT2D eigenvalue weighted by atomic mass is 32.1. The summed E-state index contributed by atoms with van der Waals surface area (Å²) in [5.41, 5.74) is 13.2. The molecular formula is C16H19N5O3S. The number of nitro groups is 1. The highest BCUT2D eigenvalue weighted by Gasteiger charge is 2.44. The molecule has 1 aromatic rings. The van der Waals surface area contributed by atoms with Crippen molar-refractivity contribution in [2.45, 2.75) is 12.3 Å². The van der Waals surface area contributed by atoms with Crippen molar-refractivity contribution in [2.75, 3.05) is 20.2 Å². The van der Waals surface area contributed by atoms with Crippen molar-refractivity contribution in [3.8, 4) is 5.75 Å². The largest absolute Gasteiger partial charge is 0.497 e. The number of hydrogen-bond donors (Lipinski definition) is 3. The molecule has 1 aromatic carbocycles. The number of methoxy groups -OCH3 is 1. The molecule has 0 aromatic heterocycles. The van der Waals surface area contributed by atoms with Gasteiger partial charge >= 0.3 is 0 Å². The second kappa shape index (κ2) is 6.60. The summed E-state index contributed by atoms with van der Waals surface area (Å²) in [5, 5.41) is 15.0. The van der Waals surface area contributed by atoms with Gasteiger partial charge in [0.25, 0.3) is 5.70 Å². The standard InChI is InChI=1S/C16H19N5O3S/c1-24-10-5-2-4-9(8-10)11-12(15(18)25)14(17)20-7-3-6-19-16(20)13(11)21(22)23/h2,4-5,8,11,19H,3,6-7,17H2,1H3,(H2,18,25). The summed E-state index contributed by atoms with van der Waals surface area (Å²) in [6, 6.07) is 7.05. The van der Waals surface area contributed by atoms with E-state index in [9.17, 15) is 10.1 Å². The van der Waals surface area contributed by atoms with E-state index in [-0.39, 0.29) is 10.7 Å². The SMILES string of the molecule is COc1cccc(C2C(C(N)=S)=C(N)N3CCCNC3=C2[N+](=O)[O-])c1. The minimum atomic E-state index is -0.764. The van der Waals surface area contributed by atoms with E-state index >= 15 is 0 Å². The lowest BCUT2D eigenvalue weighted by atomic mass is 9.85. The van der Waals surface area contributed by atoms with Crippen molar-refractivity contribution >= 4 is 17.2 Å². The van der Waals surface area contributed by atoms with E-state index in [1.807, 2.05) is 0 Å². The molecule has 2 heterocycles. The van der Waals surface area contributed by atoms with Gasteiger partial charge in [0.2, 0.25) is 0 Å². The Morgan fingerprint density at radius 1 is 1.52 bits per heavy atom. The Hall–Kier alpha value is -2.81. The maximum Gasteiger partial charge on any atom is 0.298 e. The van der Waals surface area contributed by atoms with Gasteiger partial charge < -0.3 is 26.4 Å². The van der Waals surface area contributed by atoms with Crippen LogP contribution in [-0.4, -0.2) is 35.0 Å². The Morgan fingerprint density at radius 2 is 2.28 bits per heavy atom. The van der Waals surface area contributed by atoms with Crippen molar-refractivity contribution in [3.05, 3.63) is 62.9 Å². The van der Waals surface area contributed by atoms with Gasteiger partial charge in [-0.25, -0.2) is 0 Å². The number of nitrogens with zero attached hydrogens (tertiary/aromatic N) is 2. The molecule has 9 heteroatoms. The van der Waals surface area contributed by atoms with Crippen molar-refractivity contribution in [2.24, 2.45) is 11.5 Å². The van der Waals surface area contributed by atoms with Crippen LogP contribution < -0.4 is 21.5 Å². The van der Waals surface area contributed by atoms with E-state index in [1.165, 1.54) is 7.11 Å². The van der Waals surface area contributed by atoms with Crippen LogP contribution in [0, 0.1) is 10.1 Å². The molecule has 2 aliphatic rings. The molecule has 0 radical (unpaired) electrons. The summed E-state index contributed by atoms with van der Waals surface area (Å²) in [6.45, 7) is 1.21. The average Bonchev–Trinajstić information content (AvgIpc) is 2.60. The molecule has 2 aliphatic heterocycles. The molecular weight excluding hydrogens is 342 g/mol. The normalized spacial score (nSPS) is 20.0. The third-order valence-corrected chi connectivity index (χ3v) is 4.60. The van der Waals surface area contributed by atoms with Crippen molar-refractivity contribution in [3.63, 3.8) is 0 Å². The lowest BCUT2D eigenvalue weighted by molar-refractivity contribution is -0.432. The number of rotatable bonds is 4. The zero-order valence-electron chi connectivity index (χ0n) is 13.7. The highest BCUT2D eigenvalue weighted by Crippen LogP contribution is 2.41. The summed E-state index contributed by atoms with van der Waals surface area (Å²) in [4.78, 5) is 13.3. The number of nitrogens with two attached hydrogens (primary N) is 2. The van der Waals surface area contributed by atoms with Gasteiger partial charge in [-0.05, 0) is 24.1 Å². The summed E-state index contributed by atoms with van der Waals surface area (Å²) >= 11 is 5.18. The second-order valence-electron chi connectivity index (χ2n) is 5.80. The Labute approximate surface area is 150 Å². The molecule has 1 saturated heterocycles. The van der Waals surface area contributed by atoms with Gasteiger partial charge in [-0.15, -0.1) is 0 Å². The minimum Gasteiger partial charge on any atom is -0.497 e. The predicted molar refractivity (Wildman–Crippen MR) is 97.1 cm³/mol. The second-order valence-corrected chi connectivity index (χ2v) is 6.24. The van der Waals surface area contributed by atoms with Crippen LogP contribution >= 0.6 is 12.2 Å². The van der Waals surface area contributed by atoms with Crippen LogP contribution in [0.1, 0.15) is 17.9 Å². The molecule has 0 amide bonds. The van der Waals surface area contributed by atoms with Crippen LogP contribution in [0.15, 0.2) is 47.2 Å². The van der Waals surface area contributed by atoms with Gasteiger partial charge in [0.15, 0.2) is 5.82 Å². The van der Waals surface area contributed by atoms with Gasteiger partial charge in [-0.2, -0.15) is 0 Å². The summed E-state index contributed by atoms with van der Waals surface area (Å²) in [7, 11) is 1.54. The van der Waals surface area contributed by atoms with Gasteiger partial charge in [-0.3, -0.25) is 10.1 Å². The maximum atomic E-state index is 11.9. The van der Waals surface area contributed by atoms with Gasteiger partial charge in [0, 0.05) is 18.7 Å². The van der Waals surface area contributed by atoms with E-state index in [2.05, 4.69) is 5.32 Å². The van der Waals surface area contributed by atoms with Crippen LogP contribution in [0.3, 0.4) is 0 Å². The molecule has 25 heavy (non-hydrogen) atoms. The number of thiocarbonyl (C=S) groups is 1. The molecule has 132 valence electrons. The lowest BCUT2D eigenvalue weighted by Crippen LogP contribution is -2.48. The van der Waals surface area contributed by atoms with Gasteiger partial charge in [-0.1, -0.05) is 24.4 Å². The monoisotopic (exact) mass is 361 g/mol. The van der Waals surface area contributed by atoms with E-state index in [0.29, 0.717) is 41.6 Å². The van der Waals surface area contributed by atoms with Crippen LogP contribution in [0.2, 0.25) is 0 Å². The van der Waals surface area contributed by atoms with Gasteiger partial charge in [0.05, 0.1) is 12.0 Å². The molecule has 8 nitrogen and oxygen atoms in total. The molecule has 0 bridgehead atoms. The number of fused-ring (bicyclic) bond motifs is 1. The van der Waals surface area contributed by atoms with E-state index in [0.717, 1.165) is 6.42 Å². The first-order valence-electron chi connectivity index (χ1n) is 7.79. The zero-order chi connectivity index (χ0) is 18.1. The van der Waals surface area contributed by atoms with Crippen LogP contribution in [0.4, 0.5) is 0 Å². The Morgan fingerprint density at radius 3 is 2.92 bits per heavy atom.